The third-order valence-corrected chi connectivity index (χ3v) is 7.43. The minimum absolute atomic E-state index is 0.0356. The van der Waals surface area contributed by atoms with Crippen molar-refractivity contribution in [3.05, 3.63) is 59.3 Å². The van der Waals surface area contributed by atoms with Crippen LogP contribution >= 0.6 is 0 Å². The molecule has 1 aromatic carbocycles. The summed E-state index contributed by atoms with van der Waals surface area (Å²) < 4.78 is 11.4. The summed E-state index contributed by atoms with van der Waals surface area (Å²) in [5, 5.41) is 17.8. The van der Waals surface area contributed by atoms with Gasteiger partial charge in [0.1, 0.15) is 12.2 Å². The highest BCUT2D eigenvalue weighted by Gasteiger charge is 2.46. The zero-order chi connectivity index (χ0) is 25.5. The number of aliphatic hydroxyl groups excluding tert-OH is 1. The number of benzene rings is 1. The molecule has 196 valence electrons. The second-order valence-electron chi connectivity index (χ2n) is 10.8. The van der Waals surface area contributed by atoms with Crippen LogP contribution in [0.15, 0.2) is 42.6 Å². The quantitative estimate of drug-likeness (QED) is 0.415. The van der Waals surface area contributed by atoms with E-state index >= 15 is 0 Å². The van der Waals surface area contributed by atoms with Crippen LogP contribution in [-0.2, 0) is 22.4 Å². The molecule has 4 rings (SSSR count). The lowest BCUT2D eigenvalue weighted by Gasteiger charge is -2.47. The van der Waals surface area contributed by atoms with Crippen molar-refractivity contribution in [2.75, 3.05) is 20.3 Å². The van der Waals surface area contributed by atoms with Crippen molar-refractivity contribution in [2.45, 2.75) is 82.6 Å². The number of pyridine rings is 1. The van der Waals surface area contributed by atoms with Crippen molar-refractivity contribution in [3.8, 4) is 5.88 Å². The lowest BCUT2D eigenvalue weighted by molar-refractivity contribution is -0.126. The molecule has 1 amide bonds. The molecule has 1 aliphatic heterocycles. The summed E-state index contributed by atoms with van der Waals surface area (Å²) in [6, 6.07) is 11.7. The van der Waals surface area contributed by atoms with Crippen molar-refractivity contribution in [2.24, 2.45) is 5.92 Å². The van der Waals surface area contributed by atoms with Crippen LogP contribution in [0.3, 0.4) is 0 Å². The van der Waals surface area contributed by atoms with E-state index in [0.29, 0.717) is 18.9 Å². The van der Waals surface area contributed by atoms with Gasteiger partial charge in [-0.3, -0.25) is 4.79 Å². The number of rotatable bonds is 12. The van der Waals surface area contributed by atoms with Gasteiger partial charge in [0.05, 0.1) is 12.1 Å². The van der Waals surface area contributed by atoms with E-state index in [1.807, 2.05) is 36.5 Å². The van der Waals surface area contributed by atoms with E-state index in [9.17, 15) is 9.90 Å². The lowest BCUT2D eigenvalue weighted by Crippen LogP contribution is -2.52. The molecule has 1 saturated carbocycles. The van der Waals surface area contributed by atoms with Gasteiger partial charge < -0.3 is 25.2 Å². The summed E-state index contributed by atoms with van der Waals surface area (Å²) >= 11 is 0. The molecule has 1 aliphatic carbocycles. The highest BCUT2D eigenvalue weighted by Crippen LogP contribution is 2.48. The number of methoxy groups -OCH3 is 1. The van der Waals surface area contributed by atoms with Crippen LogP contribution in [0.1, 0.15) is 68.7 Å². The summed E-state index contributed by atoms with van der Waals surface area (Å²) in [5.41, 5.74) is 3.20. The molecule has 7 heteroatoms. The summed E-state index contributed by atoms with van der Waals surface area (Å²) in [4.78, 5) is 17.0. The predicted molar refractivity (Wildman–Crippen MR) is 140 cm³/mol. The number of carbonyl (C=O) groups excluding carboxylic acids is 1. The Morgan fingerprint density at radius 1 is 1.25 bits per heavy atom. The number of nitrogens with one attached hydrogen (secondary N) is 2. The number of nitrogens with zero attached hydrogens (tertiary/aromatic N) is 1. The summed E-state index contributed by atoms with van der Waals surface area (Å²) in [5.74, 6) is 1.12. The van der Waals surface area contributed by atoms with Gasteiger partial charge in [0, 0.05) is 37.9 Å². The average molecular weight is 496 g/mol. The number of ether oxygens (including phenoxy) is 2. The molecule has 0 radical (unpaired) electrons. The maximum Gasteiger partial charge on any atom is 0.246 e. The Morgan fingerprint density at radius 2 is 2.03 bits per heavy atom. The second kappa shape index (κ2) is 12.2. The van der Waals surface area contributed by atoms with Crippen molar-refractivity contribution in [1.29, 1.82) is 0 Å². The summed E-state index contributed by atoms with van der Waals surface area (Å²) in [6.45, 7) is 4.78. The van der Waals surface area contributed by atoms with Crippen LogP contribution in [0.2, 0.25) is 0 Å². The Kier molecular flexibility index (Phi) is 8.99. The maximum atomic E-state index is 12.3. The smallest absolute Gasteiger partial charge is 0.246 e. The lowest BCUT2D eigenvalue weighted by atomic mass is 9.73. The van der Waals surface area contributed by atoms with Gasteiger partial charge in [-0.15, -0.1) is 0 Å². The first-order chi connectivity index (χ1) is 17.4. The first kappa shape index (κ1) is 26.6. The van der Waals surface area contributed by atoms with Gasteiger partial charge in [0.25, 0.3) is 0 Å². The fourth-order valence-corrected chi connectivity index (χ4v) is 5.17. The molecule has 2 aliphatic rings. The molecule has 3 atom stereocenters. The Balaban J connectivity index is 1.47. The molecular formula is C29H41N3O4. The largest absolute Gasteiger partial charge is 0.471 e. The molecule has 1 aromatic heterocycles. The van der Waals surface area contributed by atoms with Gasteiger partial charge >= 0.3 is 0 Å². The fraction of sp³-hybridized carbons (Fsp3) is 0.586. The molecule has 7 nitrogen and oxygen atoms in total. The van der Waals surface area contributed by atoms with Gasteiger partial charge in [0.2, 0.25) is 11.8 Å². The molecule has 2 heterocycles. The molecule has 0 unspecified atom stereocenters. The van der Waals surface area contributed by atoms with Crippen molar-refractivity contribution in [3.63, 3.8) is 0 Å². The Hall–Kier alpha value is -2.48. The number of amides is 1. The third-order valence-electron chi connectivity index (χ3n) is 7.43. The average Bonchev–Trinajstić information content (AvgIpc) is 2.85. The number of aromatic nitrogens is 1. The van der Waals surface area contributed by atoms with Gasteiger partial charge in [-0.25, -0.2) is 4.98 Å². The fourth-order valence-electron chi connectivity index (χ4n) is 5.17. The van der Waals surface area contributed by atoms with Crippen LogP contribution in [0, 0.1) is 5.92 Å². The van der Waals surface area contributed by atoms with E-state index < -0.39 is 12.1 Å². The van der Waals surface area contributed by atoms with Gasteiger partial charge in [-0.2, -0.15) is 0 Å². The van der Waals surface area contributed by atoms with Crippen molar-refractivity contribution >= 4 is 5.91 Å². The molecular weight excluding hydrogens is 454 g/mol. The van der Waals surface area contributed by atoms with Crippen molar-refractivity contribution < 1.29 is 19.4 Å². The van der Waals surface area contributed by atoms with Crippen LogP contribution in [0.25, 0.3) is 0 Å². The topological polar surface area (TPSA) is 92.7 Å². The maximum absolute atomic E-state index is 12.3. The highest BCUT2D eigenvalue weighted by atomic mass is 16.5. The predicted octanol–water partition coefficient (Wildman–Crippen LogP) is 3.74. The molecule has 0 saturated heterocycles. The molecule has 2 aromatic rings. The standard InChI is InChI=1S/C29H41N3O4/c1-20(2)10-11-22-14-23-25(16-29(12-7-13-29)36-28(23)31-17-22)30-18-26(33)24(32-27(34)19-35-3)15-21-8-5-4-6-9-21/h4-6,8-9,14,17,20,24-26,30,33H,7,10-13,15-16,18-19H2,1-3H3,(H,32,34)/t24-,25-,26-/m0/s1. The van der Waals surface area contributed by atoms with Crippen LogP contribution in [0.5, 0.6) is 5.88 Å². The van der Waals surface area contributed by atoms with E-state index in [1.165, 1.54) is 19.1 Å². The van der Waals surface area contributed by atoms with Gasteiger partial charge in [-0.05, 0) is 61.6 Å². The monoisotopic (exact) mass is 495 g/mol. The minimum Gasteiger partial charge on any atom is -0.471 e. The number of fused-ring (bicyclic) bond motifs is 1. The molecule has 1 fully saturated rings. The first-order valence-corrected chi connectivity index (χ1v) is 13.3. The first-order valence-electron chi connectivity index (χ1n) is 13.3. The van der Waals surface area contributed by atoms with E-state index in [4.69, 9.17) is 14.5 Å². The Labute approximate surface area is 215 Å². The number of hydrogen-bond donors (Lipinski definition) is 3. The van der Waals surface area contributed by atoms with Crippen molar-refractivity contribution in [1.82, 2.24) is 15.6 Å². The number of carbonyl (C=O) groups is 1. The highest BCUT2D eigenvalue weighted by molar-refractivity contribution is 5.77. The van der Waals surface area contributed by atoms with E-state index in [2.05, 4.69) is 30.5 Å². The minimum atomic E-state index is -0.772. The Morgan fingerprint density at radius 3 is 2.69 bits per heavy atom. The third kappa shape index (κ3) is 6.84. The van der Waals surface area contributed by atoms with Gasteiger partial charge in [-0.1, -0.05) is 44.2 Å². The van der Waals surface area contributed by atoms with E-state index in [-0.39, 0.29) is 24.2 Å². The second-order valence-corrected chi connectivity index (χ2v) is 10.8. The zero-order valence-corrected chi connectivity index (χ0v) is 21.8. The van der Waals surface area contributed by atoms with Crippen LogP contribution < -0.4 is 15.4 Å². The molecule has 36 heavy (non-hydrogen) atoms. The Bertz CT molecular complexity index is 993. The van der Waals surface area contributed by atoms with Crippen LogP contribution in [-0.4, -0.2) is 54.0 Å². The van der Waals surface area contributed by atoms with E-state index in [1.54, 1.807) is 0 Å². The molecule has 1 spiro atoms. The van der Waals surface area contributed by atoms with Gasteiger partial charge in [0.15, 0.2) is 0 Å². The normalized spacial score (nSPS) is 19.8. The van der Waals surface area contributed by atoms with Crippen LogP contribution in [0.4, 0.5) is 0 Å². The van der Waals surface area contributed by atoms with E-state index in [0.717, 1.165) is 49.1 Å². The molecule has 3 N–H and O–H groups in total. The number of aryl methyl sites for hydroxylation is 1. The number of aliphatic hydroxyl groups is 1. The number of hydrogen-bond acceptors (Lipinski definition) is 6. The zero-order valence-electron chi connectivity index (χ0n) is 21.8. The SMILES string of the molecule is COCC(=O)N[C@@H](Cc1ccccc1)[C@@H](O)CN[C@H]1CC2(CCC2)Oc2ncc(CCC(C)C)cc21. The molecule has 0 bridgehead atoms. The summed E-state index contributed by atoms with van der Waals surface area (Å²) in [6.07, 6.45) is 7.92. The summed E-state index contributed by atoms with van der Waals surface area (Å²) in [7, 11) is 1.49.